The molecule has 140 valence electrons. The lowest BCUT2D eigenvalue weighted by atomic mass is 10.1. The number of likely N-dealkylation sites (tertiary alicyclic amines) is 1. The summed E-state index contributed by atoms with van der Waals surface area (Å²) in [7, 11) is 0. The molecule has 1 heterocycles. The van der Waals surface area contributed by atoms with Crippen molar-refractivity contribution in [3.05, 3.63) is 35.4 Å². The Morgan fingerprint density at radius 2 is 1.73 bits per heavy atom. The van der Waals surface area contributed by atoms with Gasteiger partial charge in [-0.1, -0.05) is 25.0 Å². The zero-order valence-corrected chi connectivity index (χ0v) is 14.9. The van der Waals surface area contributed by atoms with Crippen LogP contribution < -0.4 is 5.32 Å². The van der Waals surface area contributed by atoms with Gasteiger partial charge in [0.25, 0.3) is 5.91 Å². The first-order valence-electron chi connectivity index (χ1n) is 9.44. The van der Waals surface area contributed by atoms with E-state index in [0.717, 1.165) is 44.1 Å². The molecule has 2 fully saturated rings. The molecule has 1 saturated heterocycles. The Morgan fingerprint density at radius 1 is 1.04 bits per heavy atom. The highest BCUT2D eigenvalue weighted by molar-refractivity contribution is 5.95. The molecule has 2 aliphatic rings. The predicted octanol–water partition coefficient (Wildman–Crippen LogP) is 2.57. The maximum absolute atomic E-state index is 12.7. The number of carbonyl (C=O) groups is 3. The second-order valence-electron chi connectivity index (χ2n) is 7.29. The average molecular weight is 358 g/mol. The topological polar surface area (TPSA) is 86.7 Å². The first-order valence-corrected chi connectivity index (χ1v) is 9.44. The minimum atomic E-state index is -0.872. The second-order valence-corrected chi connectivity index (χ2v) is 7.29. The third kappa shape index (κ3) is 4.42. The molecule has 0 radical (unpaired) electrons. The first kappa shape index (κ1) is 18.4. The summed E-state index contributed by atoms with van der Waals surface area (Å²) >= 11 is 0. The number of hydrogen-bond acceptors (Lipinski definition) is 3. The van der Waals surface area contributed by atoms with Crippen LogP contribution in [0.4, 0.5) is 0 Å². The van der Waals surface area contributed by atoms with Crippen LogP contribution in [0.25, 0.3) is 0 Å². The van der Waals surface area contributed by atoms with Crippen molar-refractivity contribution >= 4 is 17.8 Å². The van der Waals surface area contributed by atoms with Gasteiger partial charge in [0.2, 0.25) is 5.91 Å². The van der Waals surface area contributed by atoms with E-state index in [0.29, 0.717) is 18.7 Å². The number of amides is 2. The van der Waals surface area contributed by atoms with Crippen LogP contribution >= 0.6 is 0 Å². The molecule has 0 aromatic heterocycles. The molecular weight excluding hydrogens is 332 g/mol. The van der Waals surface area contributed by atoms with E-state index >= 15 is 0 Å². The molecule has 1 aliphatic heterocycles. The van der Waals surface area contributed by atoms with E-state index in [1.807, 2.05) is 12.1 Å². The SMILES string of the molecule is O=C(O)C[C@H]1CCCN1C(=O)c1ccc(CNC(=O)C2CCCC2)cc1. The van der Waals surface area contributed by atoms with Crippen molar-refractivity contribution < 1.29 is 19.5 Å². The molecule has 1 saturated carbocycles. The van der Waals surface area contributed by atoms with Crippen LogP contribution in [0.1, 0.15) is 60.9 Å². The van der Waals surface area contributed by atoms with Crippen molar-refractivity contribution in [2.75, 3.05) is 6.54 Å². The molecule has 0 spiro atoms. The number of rotatable bonds is 6. The molecule has 2 amide bonds. The van der Waals surface area contributed by atoms with E-state index < -0.39 is 5.97 Å². The van der Waals surface area contributed by atoms with Gasteiger partial charge in [-0.3, -0.25) is 14.4 Å². The Balaban J connectivity index is 1.55. The average Bonchev–Trinajstić information content (AvgIpc) is 3.31. The highest BCUT2D eigenvalue weighted by Gasteiger charge is 2.30. The van der Waals surface area contributed by atoms with Gasteiger partial charge < -0.3 is 15.3 Å². The molecule has 6 heteroatoms. The Labute approximate surface area is 153 Å². The summed E-state index contributed by atoms with van der Waals surface area (Å²) in [4.78, 5) is 37.4. The van der Waals surface area contributed by atoms with Gasteiger partial charge in [-0.25, -0.2) is 0 Å². The van der Waals surface area contributed by atoms with Crippen LogP contribution in [-0.4, -0.2) is 40.4 Å². The fraction of sp³-hybridized carbons (Fsp3) is 0.550. The van der Waals surface area contributed by atoms with Gasteiger partial charge in [0, 0.05) is 30.6 Å². The first-order chi connectivity index (χ1) is 12.5. The van der Waals surface area contributed by atoms with Crippen molar-refractivity contribution in [1.29, 1.82) is 0 Å². The number of hydrogen-bond donors (Lipinski definition) is 2. The molecule has 6 nitrogen and oxygen atoms in total. The second kappa shape index (κ2) is 8.34. The third-order valence-electron chi connectivity index (χ3n) is 5.44. The van der Waals surface area contributed by atoms with E-state index in [1.165, 1.54) is 0 Å². The number of carbonyl (C=O) groups excluding carboxylic acids is 2. The van der Waals surface area contributed by atoms with Crippen molar-refractivity contribution in [2.45, 2.75) is 57.5 Å². The highest BCUT2D eigenvalue weighted by atomic mass is 16.4. The lowest BCUT2D eigenvalue weighted by Crippen LogP contribution is -2.36. The molecule has 1 atom stereocenters. The normalized spacial score (nSPS) is 20.3. The Morgan fingerprint density at radius 3 is 2.38 bits per heavy atom. The zero-order chi connectivity index (χ0) is 18.5. The van der Waals surface area contributed by atoms with Crippen LogP contribution in [0.15, 0.2) is 24.3 Å². The lowest BCUT2D eigenvalue weighted by molar-refractivity contribution is -0.138. The van der Waals surface area contributed by atoms with Crippen LogP contribution in [-0.2, 0) is 16.1 Å². The van der Waals surface area contributed by atoms with Crippen LogP contribution in [0.5, 0.6) is 0 Å². The maximum atomic E-state index is 12.7. The number of carboxylic acids is 1. The van der Waals surface area contributed by atoms with Crippen molar-refractivity contribution in [3.63, 3.8) is 0 Å². The number of benzene rings is 1. The fourth-order valence-corrected chi connectivity index (χ4v) is 3.97. The Bertz CT molecular complexity index is 665. The lowest BCUT2D eigenvalue weighted by Gasteiger charge is -2.23. The molecule has 1 aromatic carbocycles. The van der Waals surface area contributed by atoms with Crippen molar-refractivity contribution in [1.82, 2.24) is 10.2 Å². The van der Waals surface area contributed by atoms with Gasteiger partial charge in [-0.15, -0.1) is 0 Å². The summed E-state index contributed by atoms with van der Waals surface area (Å²) in [6.45, 7) is 1.07. The van der Waals surface area contributed by atoms with E-state index in [2.05, 4.69) is 5.32 Å². The molecule has 0 unspecified atom stereocenters. The van der Waals surface area contributed by atoms with E-state index in [4.69, 9.17) is 5.11 Å². The van der Waals surface area contributed by atoms with Crippen LogP contribution in [0, 0.1) is 5.92 Å². The standard InChI is InChI=1S/C20H26N2O4/c23-18(24)12-17-6-3-11-22(17)20(26)16-9-7-14(8-10-16)13-21-19(25)15-4-1-2-5-15/h7-10,15,17H,1-6,11-13H2,(H,21,25)(H,23,24)/t17-/m1/s1. The number of aliphatic carboxylic acids is 1. The summed E-state index contributed by atoms with van der Waals surface area (Å²) in [5.74, 6) is -0.716. The van der Waals surface area contributed by atoms with Gasteiger partial charge in [-0.05, 0) is 43.4 Å². The summed E-state index contributed by atoms with van der Waals surface area (Å²) < 4.78 is 0. The molecule has 3 rings (SSSR count). The van der Waals surface area contributed by atoms with Gasteiger partial charge in [-0.2, -0.15) is 0 Å². The number of nitrogens with one attached hydrogen (secondary N) is 1. The van der Waals surface area contributed by atoms with Gasteiger partial charge in [0.05, 0.1) is 6.42 Å². The van der Waals surface area contributed by atoms with Crippen LogP contribution in [0.2, 0.25) is 0 Å². The maximum Gasteiger partial charge on any atom is 0.305 e. The Hall–Kier alpha value is -2.37. The summed E-state index contributed by atoms with van der Waals surface area (Å²) in [5.41, 5.74) is 1.52. The summed E-state index contributed by atoms with van der Waals surface area (Å²) in [5, 5.41) is 12.0. The van der Waals surface area contributed by atoms with E-state index in [1.54, 1.807) is 17.0 Å². The quantitative estimate of drug-likeness (QED) is 0.818. The van der Waals surface area contributed by atoms with E-state index in [9.17, 15) is 14.4 Å². The smallest absolute Gasteiger partial charge is 0.305 e. The van der Waals surface area contributed by atoms with Crippen LogP contribution in [0.3, 0.4) is 0 Å². The predicted molar refractivity (Wildman–Crippen MR) is 96.6 cm³/mol. The summed E-state index contributed by atoms with van der Waals surface area (Å²) in [6, 6.07) is 7.00. The molecular formula is C20H26N2O4. The molecule has 0 bridgehead atoms. The third-order valence-corrected chi connectivity index (χ3v) is 5.44. The van der Waals surface area contributed by atoms with Gasteiger partial charge in [0.15, 0.2) is 0 Å². The fourth-order valence-electron chi connectivity index (χ4n) is 3.97. The minimum Gasteiger partial charge on any atom is -0.481 e. The largest absolute Gasteiger partial charge is 0.481 e. The van der Waals surface area contributed by atoms with E-state index in [-0.39, 0.29) is 30.2 Å². The van der Waals surface area contributed by atoms with Gasteiger partial charge in [0.1, 0.15) is 0 Å². The van der Waals surface area contributed by atoms with Crippen molar-refractivity contribution in [2.24, 2.45) is 5.92 Å². The molecule has 26 heavy (non-hydrogen) atoms. The Kier molecular flexibility index (Phi) is 5.91. The number of nitrogens with zero attached hydrogens (tertiary/aromatic N) is 1. The molecule has 1 aliphatic carbocycles. The monoisotopic (exact) mass is 358 g/mol. The highest BCUT2D eigenvalue weighted by Crippen LogP contribution is 2.25. The molecule has 2 N–H and O–H groups in total. The summed E-state index contributed by atoms with van der Waals surface area (Å²) in [6.07, 6.45) is 5.80. The number of carboxylic acid groups (broad SMARTS) is 1. The van der Waals surface area contributed by atoms with Crippen molar-refractivity contribution in [3.8, 4) is 0 Å². The minimum absolute atomic E-state index is 0.00295. The zero-order valence-electron chi connectivity index (χ0n) is 14.9. The van der Waals surface area contributed by atoms with Gasteiger partial charge >= 0.3 is 5.97 Å². The molecule has 1 aromatic rings.